The first kappa shape index (κ1) is 11.4. The van der Waals surface area contributed by atoms with Crippen LogP contribution in [0.3, 0.4) is 0 Å². The fraction of sp³-hybridized carbons (Fsp3) is 0.250. The van der Waals surface area contributed by atoms with Gasteiger partial charge in [0.1, 0.15) is 17.2 Å². The zero-order chi connectivity index (χ0) is 11.3. The minimum Gasteiger partial charge on any atom is -0.496 e. The van der Waals surface area contributed by atoms with Crippen molar-refractivity contribution in [3.63, 3.8) is 0 Å². The van der Waals surface area contributed by atoms with E-state index in [9.17, 15) is 0 Å². The van der Waals surface area contributed by atoms with Gasteiger partial charge in [0.25, 0.3) is 0 Å². The second kappa shape index (κ2) is 5.29. The Morgan fingerprint density at radius 2 is 1.53 bits per heavy atom. The lowest BCUT2D eigenvalue weighted by Crippen LogP contribution is -1.94. The molecule has 0 N–H and O–H groups in total. The zero-order valence-electron chi connectivity index (χ0n) is 9.24. The van der Waals surface area contributed by atoms with Gasteiger partial charge in [-0.05, 0) is 6.92 Å². The molecule has 0 saturated carbocycles. The molecule has 0 spiro atoms. The standard InChI is InChI=1S/C12H15O3/c1-5-6-10-11(14-3)7-9(13-2)8-12(10)15-4/h5-8H,1H2,2-4H3. The van der Waals surface area contributed by atoms with Crippen molar-refractivity contribution in [2.75, 3.05) is 21.3 Å². The topological polar surface area (TPSA) is 27.7 Å². The van der Waals surface area contributed by atoms with Gasteiger partial charge in [-0.25, -0.2) is 0 Å². The fourth-order valence-corrected chi connectivity index (χ4v) is 1.31. The second-order valence-corrected chi connectivity index (χ2v) is 2.85. The van der Waals surface area contributed by atoms with Crippen molar-refractivity contribution in [3.8, 4) is 17.2 Å². The molecule has 0 heterocycles. The Bertz CT molecular complexity index is 331. The van der Waals surface area contributed by atoms with Crippen LogP contribution in [-0.2, 0) is 0 Å². The Balaban J connectivity index is 3.32. The van der Waals surface area contributed by atoms with E-state index in [4.69, 9.17) is 14.2 Å². The molecule has 0 fully saturated rings. The quantitative estimate of drug-likeness (QED) is 0.759. The van der Waals surface area contributed by atoms with Crippen molar-refractivity contribution in [3.05, 3.63) is 30.7 Å². The third-order valence-corrected chi connectivity index (χ3v) is 2.04. The van der Waals surface area contributed by atoms with Gasteiger partial charge in [-0.2, -0.15) is 0 Å². The summed E-state index contributed by atoms with van der Waals surface area (Å²) in [5.74, 6) is 2.10. The third-order valence-electron chi connectivity index (χ3n) is 2.04. The lowest BCUT2D eigenvalue weighted by molar-refractivity contribution is 0.374. The monoisotopic (exact) mass is 207 g/mol. The molecule has 0 amide bonds. The van der Waals surface area contributed by atoms with Crippen LogP contribution in [0.2, 0.25) is 0 Å². The van der Waals surface area contributed by atoms with Gasteiger partial charge in [0.15, 0.2) is 0 Å². The third kappa shape index (κ3) is 2.43. The summed E-state index contributed by atoms with van der Waals surface area (Å²) in [5, 5.41) is 0. The summed E-state index contributed by atoms with van der Waals surface area (Å²) in [6, 6.07) is 3.61. The maximum Gasteiger partial charge on any atom is 0.133 e. The van der Waals surface area contributed by atoms with Crippen LogP contribution in [0.5, 0.6) is 17.2 Å². The highest BCUT2D eigenvalue weighted by Crippen LogP contribution is 2.34. The van der Waals surface area contributed by atoms with Crippen LogP contribution in [0.1, 0.15) is 5.56 Å². The maximum atomic E-state index is 5.24. The summed E-state index contributed by atoms with van der Waals surface area (Å²) in [4.78, 5) is 0. The van der Waals surface area contributed by atoms with E-state index in [0.29, 0.717) is 17.2 Å². The summed E-state index contributed by atoms with van der Waals surface area (Å²) in [6.45, 7) is 3.65. The van der Waals surface area contributed by atoms with E-state index in [2.05, 4.69) is 6.92 Å². The summed E-state index contributed by atoms with van der Waals surface area (Å²) < 4.78 is 15.6. The first-order valence-electron chi connectivity index (χ1n) is 4.52. The molecule has 1 rings (SSSR count). The highest BCUT2D eigenvalue weighted by molar-refractivity contribution is 5.66. The average Bonchev–Trinajstić information content (AvgIpc) is 2.29. The molecule has 3 heteroatoms. The molecule has 0 aliphatic heterocycles. The number of hydrogen-bond acceptors (Lipinski definition) is 3. The molecule has 0 saturated heterocycles. The Labute approximate surface area is 90.3 Å². The van der Waals surface area contributed by atoms with Crippen LogP contribution in [0, 0.1) is 6.92 Å². The first-order chi connectivity index (χ1) is 7.26. The molecule has 15 heavy (non-hydrogen) atoms. The zero-order valence-corrected chi connectivity index (χ0v) is 9.24. The lowest BCUT2D eigenvalue weighted by Gasteiger charge is -2.12. The van der Waals surface area contributed by atoms with Gasteiger partial charge in [-0.3, -0.25) is 0 Å². The average molecular weight is 207 g/mol. The van der Waals surface area contributed by atoms with Gasteiger partial charge in [-0.1, -0.05) is 12.2 Å². The Hall–Kier alpha value is -1.64. The van der Waals surface area contributed by atoms with Crippen molar-refractivity contribution < 1.29 is 14.2 Å². The Kier molecular flexibility index (Phi) is 4.03. The summed E-state index contributed by atoms with van der Waals surface area (Å²) in [6.07, 6.45) is 3.52. The lowest BCUT2D eigenvalue weighted by atomic mass is 10.1. The van der Waals surface area contributed by atoms with Gasteiger partial charge < -0.3 is 14.2 Å². The molecular formula is C12H15O3. The molecule has 0 bridgehead atoms. The van der Waals surface area contributed by atoms with Gasteiger partial charge in [0.05, 0.1) is 26.9 Å². The minimum atomic E-state index is 0.699. The molecule has 3 nitrogen and oxygen atoms in total. The Morgan fingerprint density at radius 3 is 1.87 bits per heavy atom. The van der Waals surface area contributed by atoms with E-state index in [-0.39, 0.29) is 0 Å². The highest BCUT2D eigenvalue weighted by atomic mass is 16.5. The van der Waals surface area contributed by atoms with Crippen LogP contribution >= 0.6 is 0 Å². The number of methoxy groups -OCH3 is 3. The molecule has 81 valence electrons. The molecule has 0 unspecified atom stereocenters. The molecule has 0 aliphatic rings. The smallest absolute Gasteiger partial charge is 0.133 e. The van der Waals surface area contributed by atoms with E-state index in [1.165, 1.54) is 0 Å². The van der Waals surface area contributed by atoms with Crippen LogP contribution in [0.15, 0.2) is 18.2 Å². The van der Waals surface area contributed by atoms with Crippen molar-refractivity contribution in [1.82, 2.24) is 0 Å². The molecule has 0 atom stereocenters. The predicted molar refractivity (Wildman–Crippen MR) is 60.5 cm³/mol. The maximum absolute atomic E-state index is 5.24. The number of rotatable bonds is 4. The summed E-state index contributed by atoms with van der Waals surface area (Å²) >= 11 is 0. The molecule has 1 aromatic carbocycles. The van der Waals surface area contributed by atoms with E-state index in [1.807, 2.05) is 6.08 Å². The number of hydrogen-bond donors (Lipinski definition) is 0. The summed E-state index contributed by atoms with van der Waals surface area (Å²) in [5.41, 5.74) is 0.857. The number of ether oxygens (including phenoxy) is 3. The normalized spacial score (nSPS) is 10.4. The molecule has 1 aromatic rings. The largest absolute Gasteiger partial charge is 0.496 e. The van der Waals surface area contributed by atoms with E-state index in [0.717, 1.165) is 5.56 Å². The van der Waals surface area contributed by atoms with Gasteiger partial charge in [0, 0.05) is 12.1 Å². The molecule has 1 radical (unpaired) electrons. The molecular weight excluding hydrogens is 192 g/mol. The first-order valence-corrected chi connectivity index (χ1v) is 4.52. The van der Waals surface area contributed by atoms with Crippen molar-refractivity contribution >= 4 is 6.08 Å². The van der Waals surface area contributed by atoms with Crippen LogP contribution < -0.4 is 14.2 Å². The van der Waals surface area contributed by atoms with Crippen molar-refractivity contribution in [2.45, 2.75) is 0 Å². The van der Waals surface area contributed by atoms with Crippen molar-refractivity contribution in [2.24, 2.45) is 0 Å². The van der Waals surface area contributed by atoms with Crippen LogP contribution in [0.25, 0.3) is 6.08 Å². The van der Waals surface area contributed by atoms with Gasteiger partial charge in [0.2, 0.25) is 0 Å². The van der Waals surface area contributed by atoms with Crippen molar-refractivity contribution in [1.29, 1.82) is 0 Å². The predicted octanol–water partition coefficient (Wildman–Crippen LogP) is 2.56. The number of benzene rings is 1. The van der Waals surface area contributed by atoms with E-state index in [1.54, 1.807) is 39.5 Å². The van der Waals surface area contributed by atoms with E-state index < -0.39 is 0 Å². The molecule has 0 aliphatic carbocycles. The minimum absolute atomic E-state index is 0.699. The Morgan fingerprint density at radius 1 is 1.00 bits per heavy atom. The van der Waals surface area contributed by atoms with Gasteiger partial charge >= 0.3 is 0 Å². The highest BCUT2D eigenvalue weighted by Gasteiger charge is 2.09. The van der Waals surface area contributed by atoms with Gasteiger partial charge in [-0.15, -0.1) is 0 Å². The summed E-state index contributed by atoms with van der Waals surface area (Å²) in [7, 11) is 4.81. The van der Waals surface area contributed by atoms with E-state index >= 15 is 0 Å². The molecule has 0 aromatic heterocycles. The SMILES string of the molecule is [CH2]C=Cc1c(OC)cc(OC)cc1OC. The van der Waals surface area contributed by atoms with Crippen LogP contribution in [0.4, 0.5) is 0 Å². The van der Waals surface area contributed by atoms with Crippen LogP contribution in [-0.4, -0.2) is 21.3 Å². The number of allylic oxidation sites excluding steroid dienone is 1. The fourth-order valence-electron chi connectivity index (χ4n) is 1.31. The second-order valence-electron chi connectivity index (χ2n) is 2.85.